The van der Waals surface area contributed by atoms with Crippen molar-refractivity contribution in [3.05, 3.63) is 53.2 Å². The van der Waals surface area contributed by atoms with E-state index in [9.17, 15) is 9.18 Å². The van der Waals surface area contributed by atoms with E-state index in [1.165, 1.54) is 18.2 Å². The van der Waals surface area contributed by atoms with Gasteiger partial charge in [-0.2, -0.15) is 0 Å². The van der Waals surface area contributed by atoms with Crippen molar-refractivity contribution >= 4 is 46.8 Å². The van der Waals surface area contributed by atoms with Gasteiger partial charge in [0.1, 0.15) is 23.6 Å². The van der Waals surface area contributed by atoms with Gasteiger partial charge in [0.05, 0.1) is 10.4 Å². The first-order chi connectivity index (χ1) is 13.5. The molecule has 1 aliphatic carbocycles. The molecule has 154 valence electrons. The molecule has 6 nitrogen and oxygen atoms in total. The zero-order valence-electron chi connectivity index (χ0n) is 15.9. The third-order valence-electron chi connectivity index (χ3n) is 5.25. The number of nitrogens with zero attached hydrogens (tertiary/aromatic N) is 3. The molecule has 0 aliphatic heterocycles. The van der Waals surface area contributed by atoms with E-state index in [0.29, 0.717) is 11.6 Å². The van der Waals surface area contributed by atoms with E-state index in [-0.39, 0.29) is 29.4 Å². The first-order valence-corrected chi connectivity index (χ1v) is 9.67. The summed E-state index contributed by atoms with van der Waals surface area (Å²) in [4.78, 5) is 21.1. The van der Waals surface area contributed by atoms with Crippen molar-refractivity contribution in [3.8, 4) is 0 Å². The van der Waals surface area contributed by atoms with Crippen molar-refractivity contribution in [1.82, 2.24) is 19.9 Å². The van der Waals surface area contributed by atoms with Crippen molar-refractivity contribution in [2.24, 2.45) is 7.05 Å². The van der Waals surface area contributed by atoms with Crippen molar-refractivity contribution < 1.29 is 9.18 Å². The quantitative estimate of drug-likeness (QED) is 0.636. The van der Waals surface area contributed by atoms with Gasteiger partial charge in [0, 0.05) is 30.9 Å². The van der Waals surface area contributed by atoms with E-state index < -0.39 is 5.82 Å². The molecule has 3 aromatic rings. The smallest absolute Gasteiger partial charge is 0.251 e. The Morgan fingerprint density at radius 3 is 2.62 bits per heavy atom. The van der Waals surface area contributed by atoms with Gasteiger partial charge in [-0.05, 0) is 49.9 Å². The van der Waals surface area contributed by atoms with Crippen LogP contribution in [0.25, 0.3) is 11.0 Å². The number of fused-ring (bicyclic) bond motifs is 1. The lowest BCUT2D eigenvalue weighted by Crippen LogP contribution is -2.40. The van der Waals surface area contributed by atoms with Gasteiger partial charge in [-0.1, -0.05) is 11.6 Å². The molecule has 0 atom stereocenters. The second-order valence-corrected chi connectivity index (χ2v) is 7.59. The van der Waals surface area contributed by atoms with Gasteiger partial charge in [0.2, 0.25) is 0 Å². The first-order valence-electron chi connectivity index (χ1n) is 9.30. The summed E-state index contributed by atoms with van der Waals surface area (Å²) >= 11 is 5.76. The minimum absolute atomic E-state index is 0. The molecule has 4 rings (SSSR count). The van der Waals surface area contributed by atoms with Gasteiger partial charge in [-0.25, -0.2) is 14.4 Å². The predicted octanol–water partition coefficient (Wildman–Crippen LogP) is 4.34. The molecule has 29 heavy (non-hydrogen) atoms. The molecule has 2 aromatic heterocycles. The third kappa shape index (κ3) is 4.62. The Morgan fingerprint density at radius 1 is 1.17 bits per heavy atom. The van der Waals surface area contributed by atoms with Gasteiger partial charge >= 0.3 is 0 Å². The average molecular weight is 438 g/mol. The highest BCUT2D eigenvalue weighted by Crippen LogP contribution is 2.26. The Hall–Kier alpha value is -2.38. The maximum Gasteiger partial charge on any atom is 0.251 e. The van der Waals surface area contributed by atoms with Crippen molar-refractivity contribution in [1.29, 1.82) is 0 Å². The van der Waals surface area contributed by atoms with Crippen LogP contribution in [0.15, 0.2) is 36.8 Å². The van der Waals surface area contributed by atoms with Crippen LogP contribution in [0.1, 0.15) is 36.0 Å². The van der Waals surface area contributed by atoms with Crippen LogP contribution in [0.5, 0.6) is 0 Å². The molecule has 0 saturated heterocycles. The van der Waals surface area contributed by atoms with E-state index >= 15 is 0 Å². The largest absolute Gasteiger partial charge is 0.367 e. The number of benzene rings is 1. The van der Waals surface area contributed by atoms with Crippen molar-refractivity contribution in [2.75, 3.05) is 5.32 Å². The number of carbonyl (C=O) groups excluding carboxylic acids is 1. The number of hydrogen-bond donors (Lipinski definition) is 2. The van der Waals surface area contributed by atoms with Crippen LogP contribution in [0, 0.1) is 5.82 Å². The van der Waals surface area contributed by atoms with E-state index in [1.54, 1.807) is 6.33 Å². The molecule has 0 radical (unpaired) electrons. The Balaban J connectivity index is 0.00000240. The molecule has 9 heteroatoms. The summed E-state index contributed by atoms with van der Waals surface area (Å²) < 4.78 is 15.2. The van der Waals surface area contributed by atoms with Crippen LogP contribution in [0.4, 0.5) is 10.2 Å². The number of hydrogen-bond acceptors (Lipinski definition) is 4. The number of anilines is 1. The molecule has 2 heterocycles. The second kappa shape index (κ2) is 8.97. The summed E-state index contributed by atoms with van der Waals surface area (Å²) in [5, 5.41) is 7.51. The standard InChI is InChI=1S/C20H21ClFN5O.ClH/c1-27-9-8-15-18(23-11-24-19(15)27)25-13-3-5-14(6-4-13)26-20(28)12-2-7-17(22)16(21)10-12;/h2,7-11,13-14H,3-6H2,1H3,(H,26,28)(H,23,24,25);1H/t13-,14+;. The summed E-state index contributed by atoms with van der Waals surface area (Å²) in [5.74, 6) is 0.0983. The van der Waals surface area contributed by atoms with Gasteiger partial charge in [0.15, 0.2) is 0 Å². The van der Waals surface area contributed by atoms with Gasteiger partial charge < -0.3 is 15.2 Å². The number of nitrogens with one attached hydrogen (secondary N) is 2. The summed E-state index contributed by atoms with van der Waals surface area (Å²) in [6.45, 7) is 0. The molecule has 0 spiro atoms. The second-order valence-electron chi connectivity index (χ2n) is 7.18. The maximum absolute atomic E-state index is 13.3. The van der Waals surface area contributed by atoms with Gasteiger partial charge in [0.25, 0.3) is 5.91 Å². The Kier molecular flexibility index (Phi) is 6.59. The molecule has 1 amide bonds. The summed E-state index contributed by atoms with van der Waals surface area (Å²) in [6, 6.07) is 6.42. The molecule has 1 fully saturated rings. The number of aromatic nitrogens is 3. The van der Waals surface area contributed by atoms with Crippen LogP contribution in [0.3, 0.4) is 0 Å². The SMILES string of the molecule is Cl.Cn1ccc2c(N[C@H]3CC[C@@H](NC(=O)c4ccc(F)c(Cl)c4)CC3)ncnc21. The molecule has 1 aromatic carbocycles. The Bertz CT molecular complexity index is 1020. The highest BCUT2D eigenvalue weighted by atomic mass is 35.5. The summed E-state index contributed by atoms with van der Waals surface area (Å²) in [6.07, 6.45) is 7.12. The number of carbonyl (C=O) groups is 1. The summed E-state index contributed by atoms with van der Waals surface area (Å²) in [5.41, 5.74) is 1.27. The first kappa shape index (κ1) is 21.3. The minimum Gasteiger partial charge on any atom is -0.367 e. The molecular weight excluding hydrogens is 416 g/mol. The topological polar surface area (TPSA) is 71.8 Å². The molecular formula is C20H22Cl2FN5O. The lowest BCUT2D eigenvalue weighted by molar-refractivity contribution is 0.0926. The number of rotatable bonds is 4. The van der Waals surface area contributed by atoms with Crippen LogP contribution in [-0.2, 0) is 7.05 Å². The number of halogens is 3. The number of amides is 1. The molecule has 1 saturated carbocycles. The van der Waals surface area contributed by atoms with E-state index in [1.807, 2.05) is 23.9 Å². The molecule has 2 N–H and O–H groups in total. The predicted molar refractivity (Wildman–Crippen MR) is 114 cm³/mol. The normalized spacial score (nSPS) is 18.9. The van der Waals surface area contributed by atoms with Gasteiger partial charge in [-0.3, -0.25) is 4.79 Å². The highest BCUT2D eigenvalue weighted by Gasteiger charge is 2.24. The van der Waals surface area contributed by atoms with Crippen LogP contribution in [-0.4, -0.2) is 32.5 Å². The van der Waals surface area contributed by atoms with Crippen molar-refractivity contribution in [3.63, 3.8) is 0 Å². The number of aryl methyl sites for hydroxylation is 1. The van der Waals surface area contributed by atoms with Crippen LogP contribution < -0.4 is 10.6 Å². The van der Waals surface area contributed by atoms with Gasteiger partial charge in [-0.15, -0.1) is 12.4 Å². The maximum atomic E-state index is 13.3. The average Bonchev–Trinajstić information content (AvgIpc) is 3.07. The fourth-order valence-corrected chi connectivity index (χ4v) is 3.85. The van der Waals surface area contributed by atoms with Crippen molar-refractivity contribution in [2.45, 2.75) is 37.8 Å². The molecule has 0 unspecified atom stereocenters. The monoisotopic (exact) mass is 437 g/mol. The fraction of sp³-hybridized carbons (Fsp3) is 0.350. The Morgan fingerprint density at radius 2 is 1.90 bits per heavy atom. The Labute approximate surface area is 179 Å². The molecule has 0 bridgehead atoms. The van der Waals surface area contributed by atoms with E-state index in [0.717, 1.165) is 42.5 Å². The molecule has 1 aliphatic rings. The summed E-state index contributed by atoms with van der Waals surface area (Å²) in [7, 11) is 1.96. The fourth-order valence-electron chi connectivity index (χ4n) is 3.67. The highest BCUT2D eigenvalue weighted by molar-refractivity contribution is 6.31. The van der Waals surface area contributed by atoms with E-state index in [4.69, 9.17) is 11.6 Å². The van der Waals surface area contributed by atoms with Crippen LogP contribution >= 0.6 is 24.0 Å². The zero-order valence-corrected chi connectivity index (χ0v) is 17.4. The third-order valence-corrected chi connectivity index (χ3v) is 5.54. The van der Waals surface area contributed by atoms with E-state index in [2.05, 4.69) is 20.6 Å². The lowest BCUT2D eigenvalue weighted by atomic mass is 9.91. The van der Waals surface area contributed by atoms with Crippen LogP contribution in [0.2, 0.25) is 5.02 Å². The minimum atomic E-state index is -0.526. The zero-order chi connectivity index (χ0) is 19.7. The lowest BCUT2D eigenvalue weighted by Gasteiger charge is -2.30.